The summed E-state index contributed by atoms with van der Waals surface area (Å²) in [6.45, 7) is 0. The molecular weight excluding hydrogens is 503 g/mol. The van der Waals surface area contributed by atoms with E-state index < -0.39 is 0 Å². The summed E-state index contributed by atoms with van der Waals surface area (Å²) in [6.07, 6.45) is 0. The van der Waals surface area contributed by atoms with Gasteiger partial charge in [-0.05, 0) is 44.0 Å². The Labute approximate surface area is 157 Å². The molecule has 0 fully saturated rings. The highest BCUT2D eigenvalue weighted by molar-refractivity contribution is 9.11. The van der Waals surface area contributed by atoms with Crippen molar-refractivity contribution < 1.29 is 0 Å². The molecule has 0 nitrogen and oxygen atoms in total. The van der Waals surface area contributed by atoms with Gasteiger partial charge in [-0.15, -0.1) is 45.3 Å². The van der Waals surface area contributed by atoms with Crippen LogP contribution in [-0.2, 0) is 0 Å². The first-order chi connectivity index (χ1) is 9.54. The van der Waals surface area contributed by atoms with Gasteiger partial charge in [-0.25, -0.2) is 0 Å². The highest BCUT2D eigenvalue weighted by Gasteiger charge is 2.21. The summed E-state index contributed by atoms with van der Waals surface area (Å²) >= 11 is 26.4. The van der Waals surface area contributed by atoms with E-state index in [9.17, 15) is 0 Å². The van der Waals surface area contributed by atoms with Crippen molar-refractivity contribution in [2.75, 3.05) is 0 Å². The molecule has 0 saturated carbocycles. The lowest BCUT2D eigenvalue weighted by Crippen LogP contribution is -1.61. The monoisotopic (exact) mass is 502 g/mol. The lowest BCUT2D eigenvalue weighted by Gasteiger charge is -1.92. The van der Waals surface area contributed by atoms with Crippen LogP contribution in [0.4, 0.5) is 0 Å². The Morgan fingerprint density at radius 1 is 0.700 bits per heavy atom. The second-order valence-corrected chi connectivity index (χ2v) is 12.0. The first-order valence-corrected chi connectivity index (χ1v) is 10.9. The van der Waals surface area contributed by atoms with E-state index in [1.807, 2.05) is 12.1 Å². The molecule has 0 aliphatic heterocycles. The van der Waals surface area contributed by atoms with Gasteiger partial charge in [-0.1, -0.05) is 23.2 Å². The van der Waals surface area contributed by atoms with Gasteiger partial charge in [0, 0.05) is 10.8 Å². The molecule has 4 aromatic heterocycles. The highest BCUT2D eigenvalue weighted by Crippen LogP contribution is 2.54. The molecular formula is C12H2Br2Cl2S4. The van der Waals surface area contributed by atoms with Gasteiger partial charge in [0.2, 0.25) is 0 Å². The standard InChI is InChI=1S/C12H2Br2Cl2S4/c13-11-3-1-5(15)17-7(3)9(19-11)10-8-4(12(14)20-10)2-6(16)18-8/h1-2H. The molecule has 0 unspecified atom stereocenters. The molecule has 102 valence electrons. The van der Waals surface area contributed by atoms with Gasteiger partial charge in [-0.2, -0.15) is 0 Å². The molecule has 8 heteroatoms. The van der Waals surface area contributed by atoms with Crippen molar-refractivity contribution >= 4 is 121 Å². The first kappa shape index (κ1) is 14.5. The quantitative estimate of drug-likeness (QED) is 0.243. The topological polar surface area (TPSA) is 0 Å². The van der Waals surface area contributed by atoms with E-state index in [2.05, 4.69) is 31.9 Å². The fourth-order valence-electron chi connectivity index (χ4n) is 2.03. The third kappa shape index (κ3) is 2.15. The van der Waals surface area contributed by atoms with E-state index in [4.69, 9.17) is 23.2 Å². The minimum Gasteiger partial charge on any atom is -0.125 e. The van der Waals surface area contributed by atoms with Crippen LogP contribution < -0.4 is 0 Å². The third-order valence-electron chi connectivity index (χ3n) is 2.83. The van der Waals surface area contributed by atoms with E-state index >= 15 is 0 Å². The summed E-state index contributed by atoms with van der Waals surface area (Å²) in [7, 11) is 0. The van der Waals surface area contributed by atoms with E-state index in [0.717, 1.165) is 16.2 Å². The third-order valence-corrected chi connectivity index (χ3v) is 9.63. The molecule has 0 aliphatic rings. The Balaban J connectivity index is 2.10. The largest absolute Gasteiger partial charge is 0.125 e. The zero-order chi connectivity index (χ0) is 14.0. The predicted octanol–water partition coefficient (Wildman–Crippen LogP) is 8.74. The Kier molecular flexibility index (Phi) is 3.76. The van der Waals surface area contributed by atoms with Crippen molar-refractivity contribution in [3.8, 4) is 9.75 Å². The van der Waals surface area contributed by atoms with Crippen molar-refractivity contribution in [1.29, 1.82) is 0 Å². The van der Waals surface area contributed by atoms with Crippen molar-refractivity contribution in [2.24, 2.45) is 0 Å². The Bertz CT molecular complexity index is 881. The van der Waals surface area contributed by atoms with Crippen LogP contribution >= 0.6 is 100 Å². The van der Waals surface area contributed by atoms with Crippen LogP contribution in [0.5, 0.6) is 0 Å². The number of hydrogen-bond acceptors (Lipinski definition) is 4. The molecule has 4 heterocycles. The fourth-order valence-corrected chi connectivity index (χ4v) is 8.95. The Morgan fingerprint density at radius 2 is 1.10 bits per heavy atom. The lowest BCUT2D eigenvalue weighted by atomic mass is 10.3. The maximum Gasteiger partial charge on any atom is 0.0942 e. The Hall–Kier alpha value is 0.860. The number of thiophene rings is 4. The smallest absolute Gasteiger partial charge is 0.0942 e. The normalized spacial score (nSPS) is 12.0. The summed E-state index contributed by atoms with van der Waals surface area (Å²) < 4.78 is 6.39. The summed E-state index contributed by atoms with van der Waals surface area (Å²) in [5.41, 5.74) is 0. The number of rotatable bonds is 1. The van der Waals surface area contributed by atoms with Gasteiger partial charge in [0.25, 0.3) is 0 Å². The molecule has 0 atom stereocenters. The highest BCUT2D eigenvalue weighted by atomic mass is 79.9. The summed E-state index contributed by atoms with van der Waals surface area (Å²) in [5, 5.41) is 2.39. The zero-order valence-electron chi connectivity index (χ0n) is 9.30. The minimum atomic E-state index is 0.820. The minimum absolute atomic E-state index is 0.820. The van der Waals surface area contributed by atoms with Crippen LogP contribution in [-0.4, -0.2) is 0 Å². The van der Waals surface area contributed by atoms with Gasteiger partial charge >= 0.3 is 0 Å². The van der Waals surface area contributed by atoms with Crippen molar-refractivity contribution in [1.82, 2.24) is 0 Å². The Morgan fingerprint density at radius 3 is 1.50 bits per heavy atom. The van der Waals surface area contributed by atoms with Crippen molar-refractivity contribution in [3.05, 3.63) is 28.4 Å². The second kappa shape index (κ2) is 5.20. The van der Waals surface area contributed by atoms with Gasteiger partial charge in [0.05, 0.1) is 35.4 Å². The van der Waals surface area contributed by atoms with Crippen LogP contribution in [0.2, 0.25) is 8.67 Å². The molecule has 0 spiro atoms. The average Bonchev–Trinajstić information content (AvgIpc) is 3.07. The van der Waals surface area contributed by atoms with Gasteiger partial charge in [-0.3, -0.25) is 0 Å². The summed E-state index contributed by atoms with van der Waals surface area (Å²) in [6, 6.07) is 4.04. The predicted molar refractivity (Wildman–Crippen MR) is 104 cm³/mol. The van der Waals surface area contributed by atoms with Crippen LogP contribution in [0.3, 0.4) is 0 Å². The number of hydrogen-bond donors (Lipinski definition) is 0. The molecule has 20 heavy (non-hydrogen) atoms. The zero-order valence-corrected chi connectivity index (χ0v) is 17.2. The van der Waals surface area contributed by atoms with E-state index in [0.29, 0.717) is 0 Å². The second-order valence-electron chi connectivity index (χ2n) is 4.00. The van der Waals surface area contributed by atoms with Gasteiger partial charge in [0.1, 0.15) is 0 Å². The molecule has 0 aliphatic carbocycles. The molecule has 0 bridgehead atoms. The molecule has 0 N–H and O–H groups in total. The number of fused-ring (bicyclic) bond motifs is 2. The fraction of sp³-hybridized carbons (Fsp3) is 0. The summed E-state index contributed by atoms with van der Waals surface area (Å²) in [5.74, 6) is 0. The molecule has 4 aromatic rings. The van der Waals surface area contributed by atoms with Crippen LogP contribution in [0.25, 0.3) is 29.9 Å². The maximum atomic E-state index is 6.16. The SMILES string of the molecule is Clc1cc2c(Br)sc(-c3sc(Br)c4cc(Cl)sc34)c2s1. The van der Waals surface area contributed by atoms with Crippen molar-refractivity contribution in [3.63, 3.8) is 0 Å². The summed E-state index contributed by atoms with van der Waals surface area (Å²) in [4.78, 5) is 2.53. The van der Waals surface area contributed by atoms with Gasteiger partial charge < -0.3 is 0 Å². The average molecular weight is 505 g/mol. The van der Waals surface area contributed by atoms with E-state index in [-0.39, 0.29) is 0 Å². The molecule has 0 aromatic carbocycles. The first-order valence-electron chi connectivity index (χ1n) is 5.29. The molecule has 0 radical (unpaired) electrons. The van der Waals surface area contributed by atoms with Crippen molar-refractivity contribution in [2.45, 2.75) is 0 Å². The van der Waals surface area contributed by atoms with E-state index in [1.165, 1.54) is 29.9 Å². The molecule has 0 saturated heterocycles. The van der Waals surface area contributed by atoms with Crippen LogP contribution in [0.1, 0.15) is 0 Å². The molecule has 4 rings (SSSR count). The maximum absolute atomic E-state index is 6.16. The van der Waals surface area contributed by atoms with Crippen LogP contribution in [0.15, 0.2) is 19.7 Å². The molecule has 0 amide bonds. The lowest BCUT2D eigenvalue weighted by molar-refractivity contribution is 2.11. The van der Waals surface area contributed by atoms with Gasteiger partial charge in [0.15, 0.2) is 0 Å². The number of halogens is 4. The van der Waals surface area contributed by atoms with Crippen LogP contribution in [0, 0.1) is 0 Å². The van der Waals surface area contributed by atoms with E-state index in [1.54, 1.807) is 45.3 Å².